The minimum Gasteiger partial charge on any atom is -0.463 e. The fourth-order valence-corrected chi connectivity index (χ4v) is 2.89. The van der Waals surface area contributed by atoms with Crippen LogP contribution in [0.25, 0.3) is 22.4 Å². The number of pyridine rings is 1. The number of hydrogen-bond acceptors (Lipinski definition) is 4. The van der Waals surface area contributed by atoms with Crippen molar-refractivity contribution >= 4 is 16.9 Å². The Balaban J connectivity index is 1.71. The molecule has 4 aromatic rings. The van der Waals surface area contributed by atoms with E-state index in [1.165, 1.54) is 12.3 Å². The smallest absolute Gasteiger partial charge is 0.339 e. The molecule has 0 bridgehead atoms. The minimum absolute atomic E-state index is 0.0177. The summed E-state index contributed by atoms with van der Waals surface area (Å²) in [5, 5.41) is 0.371. The summed E-state index contributed by atoms with van der Waals surface area (Å²) in [5.74, 6) is -11.3. The Bertz CT molecular complexity index is 1240. The second-order valence-corrected chi connectivity index (χ2v) is 6.17. The number of halogens is 5. The highest BCUT2D eigenvalue weighted by Gasteiger charge is 2.27. The van der Waals surface area contributed by atoms with E-state index < -0.39 is 47.2 Å². The molecule has 0 unspecified atom stereocenters. The molecule has 30 heavy (non-hydrogen) atoms. The van der Waals surface area contributed by atoms with Crippen molar-refractivity contribution in [1.82, 2.24) is 4.98 Å². The van der Waals surface area contributed by atoms with Gasteiger partial charge in [0.1, 0.15) is 12.3 Å². The predicted octanol–water partition coefficient (Wildman–Crippen LogP) is 5.55. The normalized spacial score (nSPS) is 11.1. The van der Waals surface area contributed by atoms with Gasteiger partial charge in [-0.3, -0.25) is 0 Å². The van der Waals surface area contributed by atoms with Crippen molar-refractivity contribution in [3.8, 4) is 11.5 Å². The first-order valence-electron chi connectivity index (χ1n) is 8.49. The number of hydrogen-bond donors (Lipinski definition) is 0. The Morgan fingerprint density at radius 3 is 2.23 bits per heavy atom. The number of fused-ring (bicyclic) bond motifs is 1. The Hall–Kier alpha value is -3.75. The number of nitrogens with zero attached hydrogens (tertiary/aromatic N) is 1. The number of rotatable bonds is 4. The molecule has 0 aliphatic rings. The number of aromatic nitrogens is 1. The lowest BCUT2D eigenvalue weighted by Gasteiger charge is -2.11. The van der Waals surface area contributed by atoms with Gasteiger partial charge in [0, 0.05) is 5.39 Å². The summed E-state index contributed by atoms with van der Waals surface area (Å²) in [6, 6.07) is 11.1. The maximum absolute atomic E-state index is 13.8. The summed E-state index contributed by atoms with van der Waals surface area (Å²) in [6.07, 6.45) is 1.41. The van der Waals surface area contributed by atoms with E-state index in [0.717, 1.165) is 0 Å². The average Bonchev–Trinajstić information content (AvgIpc) is 3.30. The Morgan fingerprint density at radius 2 is 1.57 bits per heavy atom. The monoisotopic (exact) mass is 419 g/mol. The lowest BCUT2D eigenvalue weighted by atomic mass is 10.1. The standard InChI is InChI=1S/C21H10F5NO3/c22-16-12(17(23)19(25)20(26)18(16)24)9-30-21(28)11-8-14(15-6-3-7-29-15)27-13-5-2-1-4-10(11)13/h1-8H,9H2. The van der Waals surface area contributed by atoms with Gasteiger partial charge in [-0.25, -0.2) is 31.7 Å². The van der Waals surface area contributed by atoms with E-state index in [1.54, 1.807) is 36.4 Å². The first kappa shape index (κ1) is 19.6. The van der Waals surface area contributed by atoms with Gasteiger partial charge in [0.25, 0.3) is 0 Å². The molecule has 0 atom stereocenters. The molecule has 0 aliphatic heterocycles. The van der Waals surface area contributed by atoms with Crippen LogP contribution in [0.15, 0.2) is 53.1 Å². The number of furan rings is 1. The fourth-order valence-electron chi connectivity index (χ4n) is 2.89. The molecule has 152 valence electrons. The van der Waals surface area contributed by atoms with Crippen LogP contribution in [0.2, 0.25) is 0 Å². The van der Waals surface area contributed by atoms with Crippen molar-refractivity contribution in [2.24, 2.45) is 0 Å². The van der Waals surface area contributed by atoms with Crippen LogP contribution in [0.3, 0.4) is 0 Å². The van der Waals surface area contributed by atoms with Crippen molar-refractivity contribution in [3.05, 3.63) is 88.9 Å². The van der Waals surface area contributed by atoms with Gasteiger partial charge >= 0.3 is 5.97 Å². The van der Waals surface area contributed by atoms with E-state index in [1.807, 2.05) is 0 Å². The van der Waals surface area contributed by atoms with Crippen molar-refractivity contribution < 1.29 is 35.9 Å². The highest BCUT2D eigenvalue weighted by Crippen LogP contribution is 2.27. The summed E-state index contributed by atoms with van der Waals surface area (Å²) >= 11 is 0. The molecule has 0 fully saturated rings. The summed E-state index contributed by atoms with van der Waals surface area (Å²) in [5.41, 5.74) is -0.559. The number of carbonyl (C=O) groups is 1. The Kier molecular flexibility index (Phi) is 4.94. The van der Waals surface area contributed by atoms with Crippen molar-refractivity contribution in [2.45, 2.75) is 6.61 Å². The summed E-state index contributed by atoms with van der Waals surface area (Å²) in [7, 11) is 0. The van der Waals surface area contributed by atoms with Crippen molar-refractivity contribution in [3.63, 3.8) is 0 Å². The Morgan fingerprint density at radius 1 is 0.900 bits per heavy atom. The first-order chi connectivity index (χ1) is 14.4. The molecule has 4 nitrogen and oxygen atoms in total. The van der Waals surface area contributed by atoms with Crippen LogP contribution in [-0.2, 0) is 11.3 Å². The summed E-state index contributed by atoms with van der Waals surface area (Å²) < 4.78 is 77.6. The zero-order valence-corrected chi connectivity index (χ0v) is 14.9. The van der Waals surface area contributed by atoms with Gasteiger partial charge in [0.15, 0.2) is 29.0 Å². The van der Waals surface area contributed by atoms with Crippen LogP contribution < -0.4 is 0 Å². The highest BCUT2D eigenvalue weighted by atomic mass is 19.2. The number of para-hydroxylation sites is 1. The summed E-state index contributed by atoms with van der Waals surface area (Å²) in [4.78, 5) is 17.0. The molecule has 9 heteroatoms. The van der Waals surface area contributed by atoms with Crippen LogP contribution in [-0.4, -0.2) is 11.0 Å². The van der Waals surface area contributed by atoms with Gasteiger partial charge in [0.2, 0.25) is 5.82 Å². The molecular formula is C21H10F5NO3. The fraction of sp³-hybridized carbons (Fsp3) is 0.0476. The lowest BCUT2D eigenvalue weighted by molar-refractivity contribution is 0.0464. The van der Waals surface area contributed by atoms with Crippen LogP contribution in [0.1, 0.15) is 15.9 Å². The maximum Gasteiger partial charge on any atom is 0.339 e. The van der Waals surface area contributed by atoms with E-state index in [9.17, 15) is 26.7 Å². The number of ether oxygens (including phenoxy) is 1. The molecule has 0 spiro atoms. The van der Waals surface area contributed by atoms with Crippen molar-refractivity contribution in [1.29, 1.82) is 0 Å². The Labute approximate surface area is 165 Å². The summed E-state index contributed by atoms with van der Waals surface area (Å²) in [6.45, 7) is -1.16. The number of esters is 1. The third-order valence-corrected chi connectivity index (χ3v) is 4.36. The van der Waals surface area contributed by atoms with Crippen LogP contribution >= 0.6 is 0 Å². The van der Waals surface area contributed by atoms with Crippen LogP contribution in [0.5, 0.6) is 0 Å². The second-order valence-electron chi connectivity index (χ2n) is 6.17. The molecule has 2 heterocycles. The molecule has 0 radical (unpaired) electrons. The van der Waals surface area contributed by atoms with Gasteiger partial charge in [-0.05, 0) is 24.3 Å². The number of benzene rings is 2. The van der Waals surface area contributed by atoms with E-state index in [0.29, 0.717) is 22.4 Å². The average molecular weight is 419 g/mol. The zero-order valence-electron chi connectivity index (χ0n) is 14.9. The number of carbonyl (C=O) groups excluding carboxylic acids is 1. The van der Waals surface area contributed by atoms with Gasteiger partial charge in [0.05, 0.1) is 22.9 Å². The van der Waals surface area contributed by atoms with Crippen LogP contribution in [0.4, 0.5) is 22.0 Å². The third-order valence-electron chi connectivity index (χ3n) is 4.36. The zero-order chi connectivity index (χ0) is 21.4. The molecule has 2 aromatic heterocycles. The molecule has 2 aromatic carbocycles. The second kappa shape index (κ2) is 7.58. The quantitative estimate of drug-likeness (QED) is 0.188. The molecule has 0 aliphatic carbocycles. The molecule has 0 N–H and O–H groups in total. The molecule has 0 saturated carbocycles. The molecule has 4 rings (SSSR count). The predicted molar refractivity (Wildman–Crippen MR) is 94.8 cm³/mol. The van der Waals surface area contributed by atoms with E-state index in [-0.39, 0.29) is 5.56 Å². The SMILES string of the molecule is O=C(OCc1c(F)c(F)c(F)c(F)c1F)c1cc(-c2ccco2)nc2ccccc12. The van der Waals surface area contributed by atoms with E-state index in [4.69, 9.17) is 9.15 Å². The largest absolute Gasteiger partial charge is 0.463 e. The third kappa shape index (κ3) is 3.28. The molecular weight excluding hydrogens is 409 g/mol. The highest BCUT2D eigenvalue weighted by molar-refractivity contribution is 6.04. The van der Waals surface area contributed by atoms with Gasteiger partial charge in [-0.2, -0.15) is 0 Å². The van der Waals surface area contributed by atoms with E-state index in [2.05, 4.69) is 4.98 Å². The topological polar surface area (TPSA) is 52.3 Å². The van der Waals surface area contributed by atoms with Crippen molar-refractivity contribution in [2.75, 3.05) is 0 Å². The molecule has 0 amide bonds. The molecule has 0 saturated heterocycles. The van der Waals surface area contributed by atoms with Gasteiger partial charge in [-0.1, -0.05) is 18.2 Å². The van der Waals surface area contributed by atoms with Crippen LogP contribution in [0, 0.1) is 29.1 Å². The minimum atomic E-state index is -2.29. The first-order valence-corrected chi connectivity index (χ1v) is 8.49. The van der Waals surface area contributed by atoms with E-state index >= 15 is 0 Å². The van der Waals surface area contributed by atoms with Gasteiger partial charge < -0.3 is 9.15 Å². The lowest BCUT2D eigenvalue weighted by Crippen LogP contribution is -2.12. The maximum atomic E-state index is 13.8. The van der Waals surface area contributed by atoms with Gasteiger partial charge in [-0.15, -0.1) is 0 Å².